The van der Waals surface area contributed by atoms with Gasteiger partial charge in [0, 0.05) is 18.7 Å². The summed E-state index contributed by atoms with van der Waals surface area (Å²) in [5.41, 5.74) is 3.88. The number of hydrogen-bond donors (Lipinski definition) is 3. The molecule has 3 N–H and O–H groups in total. The molecule has 0 aromatic heterocycles. The first-order valence-electron chi connectivity index (χ1n) is 11.2. The van der Waals surface area contributed by atoms with Gasteiger partial charge in [-0.2, -0.15) is 0 Å². The van der Waals surface area contributed by atoms with Gasteiger partial charge in [-0.15, -0.1) is 0 Å². The summed E-state index contributed by atoms with van der Waals surface area (Å²) in [4.78, 5) is 15.1. The van der Waals surface area contributed by atoms with Crippen LogP contribution in [0.3, 0.4) is 0 Å². The molecule has 4 rings (SSSR count). The maximum atomic E-state index is 13.1. The van der Waals surface area contributed by atoms with Gasteiger partial charge in [-0.05, 0) is 93.0 Å². The third-order valence-electron chi connectivity index (χ3n) is 6.54. The Bertz CT molecular complexity index is 859. The second-order valence-corrected chi connectivity index (χ2v) is 8.72. The highest BCUT2D eigenvalue weighted by molar-refractivity contribution is 5.95. The molecule has 2 saturated heterocycles. The van der Waals surface area contributed by atoms with Crippen molar-refractivity contribution in [3.63, 3.8) is 0 Å². The molecular formula is C25H33N3O2. The van der Waals surface area contributed by atoms with Crippen LogP contribution in [-0.2, 0) is 6.54 Å². The normalized spacial score (nSPS) is 19.9. The van der Waals surface area contributed by atoms with Crippen molar-refractivity contribution in [1.82, 2.24) is 15.5 Å². The number of nitrogens with zero attached hydrogens (tertiary/aromatic N) is 1. The standard InChI is InChI=1S/C25H33N3O2/c1-18-15-22(8-9-24(18)29)25(30)28-14-2-3-23(28)21-6-4-19(5-7-21)16-27-17-20-10-12-26-13-11-20/h4-9,15,20,23,26-27,29H,2-3,10-14,16-17H2,1H3. The first kappa shape index (κ1) is 20.9. The smallest absolute Gasteiger partial charge is 0.254 e. The molecule has 0 bridgehead atoms. The van der Waals surface area contributed by atoms with Crippen LogP contribution in [0.2, 0.25) is 0 Å². The molecule has 0 saturated carbocycles. The van der Waals surface area contributed by atoms with Crippen LogP contribution in [0, 0.1) is 12.8 Å². The van der Waals surface area contributed by atoms with Crippen LogP contribution in [0.4, 0.5) is 0 Å². The Labute approximate surface area is 179 Å². The van der Waals surface area contributed by atoms with E-state index >= 15 is 0 Å². The van der Waals surface area contributed by atoms with E-state index in [2.05, 4.69) is 34.9 Å². The number of piperidine rings is 1. The summed E-state index contributed by atoms with van der Waals surface area (Å²) in [5.74, 6) is 1.06. The first-order valence-corrected chi connectivity index (χ1v) is 11.2. The molecule has 160 valence electrons. The van der Waals surface area contributed by atoms with Crippen LogP contribution >= 0.6 is 0 Å². The maximum Gasteiger partial charge on any atom is 0.254 e. The van der Waals surface area contributed by atoms with Gasteiger partial charge in [-0.3, -0.25) is 4.79 Å². The molecule has 1 unspecified atom stereocenters. The lowest BCUT2D eigenvalue weighted by molar-refractivity contribution is 0.0735. The van der Waals surface area contributed by atoms with Gasteiger partial charge < -0.3 is 20.6 Å². The van der Waals surface area contributed by atoms with Crippen molar-refractivity contribution < 1.29 is 9.90 Å². The molecule has 2 heterocycles. The number of aromatic hydroxyl groups is 1. The van der Waals surface area contributed by atoms with Gasteiger partial charge >= 0.3 is 0 Å². The van der Waals surface area contributed by atoms with E-state index in [4.69, 9.17) is 0 Å². The molecule has 2 fully saturated rings. The van der Waals surface area contributed by atoms with Crippen LogP contribution in [0.5, 0.6) is 5.75 Å². The van der Waals surface area contributed by atoms with E-state index in [9.17, 15) is 9.90 Å². The van der Waals surface area contributed by atoms with Gasteiger partial charge in [-0.25, -0.2) is 0 Å². The van der Waals surface area contributed by atoms with Gasteiger partial charge in [-0.1, -0.05) is 24.3 Å². The fraction of sp³-hybridized carbons (Fsp3) is 0.480. The molecule has 2 aliphatic rings. The molecule has 2 aromatic carbocycles. The average molecular weight is 408 g/mol. The molecule has 5 nitrogen and oxygen atoms in total. The van der Waals surface area contributed by atoms with Gasteiger partial charge in [0.2, 0.25) is 0 Å². The molecule has 5 heteroatoms. The molecule has 0 radical (unpaired) electrons. The Balaban J connectivity index is 1.36. The molecule has 2 aromatic rings. The minimum atomic E-state index is 0.0494. The van der Waals surface area contributed by atoms with Gasteiger partial charge in [0.1, 0.15) is 5.75 Å². The number of likely N-dealkylation sites (tertiary alicyclic amines) is 1. The molecular weight excluding hydrogens is 374 g/mol. The summed E-state index contributed by atoms with van der Waals surface area (Å²) >= 11 is 0. The van der Waals surface area contributed by atoms with Gasteiger partial charge in [0.25, 0.3) is 5.91 Å². The minimum absolute atomic E-state index is 0.0494. The number of phenols is 1. The lowest BCUT2D eigenvalue weighted by atomic mass is 9.98. The second-order valence-electron chi connectivity index (χ2n) is 8.72. The van der Waals surface area contributed by atoms with E-state index in [1.165, 1.54) is 24.0 Å². The van der Waals surface area contributed by atoms with E-state index in [1.54, 1.807) is 18.2 Å². The molecule has 1 atom stereocenters. The number of amides is 1. The fourth-order valence-electron chi connectivity index (χ4n) is 4.67. The Hall–Kier alpha value is -2.37. The van der Waals surface area contributed by atoms with Crippen LogP contribution in [0.25, 0.3) is 0 Å². The highest BCUT2D eigenvalue weighted by Gasteiger charge is 2.30. The van der Waals surface area contributed by atoms with Crippen molar-refractivity contribution in [1.29, 1.82) is 0 Å². The SMILES string of the molecule is Cc1cc(C(=O)N2CCCC2c2ccc(CNCC3CCNCC3)cc2)ccc1O. The predicted octanol–water partition coefficient (Wildman–Crippen LogP) is 3.77. The van der Waals surface area contributed by atoms with E-state index in [1.807, 2.05) is 11.8 Å². The van der Waals surface area contributed by atoms with Crippen LogP contribution in [0.15, 0.2) is 42.5 Å². The molecule has 0 aliphatic carbocycles. The topological polar surface area (TPSA) is 64.6 Å². The number of carbonyl (C=O) groups excluding carboxylic acids is 1. The molecule has 1 amide bonds. The Morgan fingerprint density at radius 1 is 1.13 bits per heavy atom. The zero-order valence-electron chi connectivity index (χ0n) is 17.9. The zero-order chi connectivity index (χ0) is 20.9. The van der Waals surface area contributed by atoms with E-state index in [0.29, 0.717) is 5.56 Å². The molecule has 2 aliphatic heterocycles. The third kappa shape index (κ3) is 4.85. The number of nitrogens with one attached hydrogen (secondary N) is 2. The summed E-state index contributed by atoms with van der Waals surface area (Å²) < 4.78 is 0. The maximum absolute atomic E-state index is 13.1. The summed E-state index contributed by atoms with van der Waals surface area (Å²) in [6.07, 6.45) is 4.54. The number of carbonyl (C=O) groups is 1. The van der Waals surface area contributed by atoms with E-state index in [0.717, 1.165) is 57.0 Å². The van der Waals surface area contributed by atoms with Crippen LogP contribution in [-0.4, -0.2) is 42.1 Å². The average Bonchev–Trinajstić information content (AvgIpc) is 3.26. The largest absolute Gasteiger partial charge is 0.508 e. The van der Waals surface area contributed by atoms with Crippen molar-refractivity contribution in [2.75, 3.05) is 26.2 Å². The highest BCUT2D eigenvalue weighted by Crippen LogP contribution is 2.33. The number of benzene rings is 2. The van der Waals surface area contributed by atoms with Crippen LogP contribution in [0.1, 0.15) is 58.8 Å². The molecule has 0 spiro atoms. The predicted molar refractivity (Wildman–Crippen MR) is 120 cm³/mol. The first-order chi connectivity index (χ1) is 14.6. The summed E-state index contributed by atoms with van der Waals surface area (Å²) in [6, 6.07) is 14.0. The van der Waals surface area contributed by atoms with Crippen molar-refractivity contribution in [2.24, 2.45) is 5.92 Å². The Kier molecular flexibility index (Phi) is 6.70. The monoisotopic (exact) mass is 407 g/mol. The number of hydrogen-bond acceptors (Lipinski definition) is 4. The van der Waals surface area contributed by atoms with E-state index in [-0.39, 0.29) is 17.7 Å². The zero-order valence-corrected chi connectivity index (χ0v) is 17.9. The Morgan fingerprint density at radius 2 is 1.90 bits per heavy atom. The van der Waals surface area contributed by atoms with Gasteiger partial charge in [0.05, 0.1) is 6.04 Å². The van der Waals surface area contributed by atoms with Crippen LogP contribution < -0.4 is 10.6 Å². The number of phenolic OH excluding ortho intramolecular Hbond substituents is 1. The lowest BCUT2D eigenvalue weighted by Gasteiger charge is -2.26. The van der Waals surface area contributed by atoms with E-state index < -0.39 is 0 Å². The van der Waals surface area contributed by atoms with Gasteiger partial charge in [0.15, 0.2) is 0 Å². The number of aryl methyl sites for hydroxylation is 1. The third-order valence-corrected chi connectivity index (χ3v) is 6.54. The van der Waals surface area contributed by atoms with Crippen molar-refractivity contribution in [3.8, 4) is 5.75 Å². The van der Waals surface area contributed by atoms with Crippen molar-refractivity contribution in [3.05, 3.63) is 64.7 Å². The fourth-order valence-corrected chi connectivity index (χ4v) is 4.67. The number of rotatable bonds is 6. The highest BCUT2D eigenvalue weighted by atomic mass is 16.3. The summed E-state index contributed by atoms with van der Waals surface area (Å²) in [5, 5.41) is 16.8. The summed E-state index contributed by atoms with van der Waals surface area (Å²) in [6.45, 7) is 6.86. The van der Waals surface area contributed by atoms with Crippen molar-refractivity contribution >= 4 is 5.91 Å². The summed E-state index contributed by atoms with van der Waals surface area (Å²) in [7, 11) is 0. The Morgan fingerprint density at radius 3 is 2.63 bits per heavy atom. The molecule has 30 heavy (non-hydrogen) atoms. The lowest BCUT2D eigenvalue weighted by Crippen LogP contribution is -2.33. The minimum Gasteiger partial charge on any atom is -0.508 e. The van der Waals surface area contributed by atoms with Crippen molar-refractivity contribution in [2.45, 2.75) is 45.2 Å². The second kappa shape index (κ2) is 9.63. The quantitative estimate of drug-likeness (QED) is 0.682.